The maximum atomic E-state index is 12.2. The van der Waals surface area contributed by atoms with E-state index in [-0.39, 0.29) is 11.7 Å². The summed E-state index contributed by atoms with van der Waals surface area (Å²) in [6, 6.07) is 7.04. The SMILES string of the molecule is O=C1CCCc2cc(C(=O)c3ccoc3)ccc2N1. The van der Waals surface area contributed by atoms with Crippen molar-refractivity contribution in [2.24, 2.45) is 0 Å². The van der Waals surface area contributed by atoms with Gasteiger partial charge in [0, 0.05) is 17.7 Å². The molecule has 0 saturated heterocycles. The average molecular weight is 255 g/mol. The van der Waals surface area contributed by atoms with E-state index in [1.54, 1.807) is 18.2 Å². The van der Waals surface area contributed by atoms with Crippen molar-refractivity contribution in [3.8, 4) is 0 Å². The van der Waals surface area contributed by atoms with Gasteiger partial charge in [-0.1, -0.05) is 0 Å². The predicted octanol–water partition coefficient (Wildman–Crippen LogP) is 2.79. The number of ketones is 1. The highest BCUT2D eigenvalue weighted by atomic mass is 16.3. The number of benzene rings is 1. The standard InChI is InChI=1S/C15H13NO3/c17-14-3-1-2-10-8-11(4-5-13(10)16-14)15(18)12-6-7-19-9-12/h4-9H,1-3H2,(H,16,17). The molecule has 0 aliphatic carbocycles. The summed E-state index contributed by atoms with van der Waals surface area (Å²) in [7, 11) is 0. The van der Waals surface area contributed by atoms with Gasteiger partial charge in [0.15, 0.2) is 5.78 Å². The van der Waals surface area contributed by atoms with Gasteiger partial charge < -0.3 is 9.73 Å². The van der Waals surface area contributed by atoms with E-state index in [1.807, 2.05) is 6.07 Å². The van der Waals surface area contributed by atoms with Crippen molar-refractivity contribution < 1.29 is 14.0 Å². The summed E-state index contributed by atoms with van der Waals surface area (Å²) in [4.78, 5) is 23.7. The minimum atomic E-state index is -0.0628. The van der Waals surface area contributed by atoms with Gasteiger partial charge in [-0.05, 0) is 42.7 Å². The summed E-state index contributed by atoms with van der Waals surface area (Å²) in [5.41, 5.74) is 2.99. The molecule has 3 rings (SSSR count). The van der Waals surface area contributed by atoms with Crippen LogP contribution in [-0.4, -0.2) is 11.7 Å². The Labute approximate surface area is 110 Å². The van der Waals surface area contributed by atoms with Crippen LogP contribution in [0.2, 0.25) is 0 Å². The third-order valence-electron chi connectivity index (χ3n) is 3.27. The van der Waals surface area contributed by atoms with E-state index in [1.165, 1.54) is 12.5 Å². The fourth-order valence-electron chi connectivity index (χ4n) is 2.28. The van der Waals surface area contributed by atoms with Gasteiger partial charge in [-0.15, -0.1) is 0 Å². The van der Waals surface area contributed by atoms with E-state index < -0.39 is 0 Å². The van der Waals surface area contributed by atoms with Crippen LogP contribution in [0.1, 0.15) is 34.3 Å². The van der Waals surface area contributed by atoms with Crippen LogP contribution >= 0.6 is 0 Å². The van der Waals surface area contributed by atoms with E-state index in [4.69, 9.17) is 4.42 Å². The lowest BCUT2D eigenvalue weighted by Gasteiger charge is -2.08. The van der Waals surface area contributed by atoms with Crippen LogP contribution in [0.3, 0.4) is 0 Å². The van der Waals surface area contributed by atoms with Crippen LogP contribution in [0.5, 0.6) is 0 Å². The van der Waals surface area contributed by atoms with Gasteiger partial charge in [-0.25, -0.2) is 0 Å². The molecule has 4 nitrogen and oxygen atoms in total. The number of carbonyl (C=O) groups is 2. The molecule has 1 aromatic heterocycles. The molecule has 0 saturated carbocycles. The highest BCUT2D eigenvalue weighted by Crippen LogP contribution is 2.24. The zero-order valence-electron chi connectivity index (χ0n) is 10.3. The topological polar surface area (TPSA) is 59.3 Å². The smallest absolute Gasteiger partial charge is 0.224 e. The molecule has 0 bridgehead atoms. The molecular formula is C15H13NO3. The first kappa shape index (κ1) is 11.7. The molecule has 0 atom stereocenters. The van der Waals surface area contributed by atoms with Gasteiger partial charge in [-0.2, -0.15) is 0 Å². The first-order valence-electron chi connectivity index (χ1n) is 6.24. The number of hydrogen-bond donors (Lipinski definition) is 1. The highest BCUT2D eigenvalue weighted by Gasteiger charge is 2.16. The predicted molar refractivity (Wildman–Crippen MR) is 70.2 cm³/mol. The number of amides is 1. The van der Waals surface area contributed by atoms with E-state index in [0.29, 0.717) is 17.5 Å². The zero-order valence-corrected chi connectivity index (χ0v) is 10.3. The summed E-state index contributed by atoms with van der Waals surface area (Å²) in [5.74, 6) is -0.0280. The molecule has 1 amide bonds. The van der Waals surface area contributed by atoms with Gasteiger partial charge in [0.1, 0.15) is 6.26 Å². The Hall–Kier alpha value is -2.36. The lowest BCUT2D eigenvalue weighted by Crippen LogP contribution is -2.09. The van der Waals surface area contributed by atoms with Gasteiger partial charge in [-0.3, -0.25) is 9.59 Å². The summed E-state index contributed by atoms with van der Waals surface area (Å²) >= 11 is 0. The first-order chi connectivity index (χ1) is 9.24. The van der Waals surface area contributed by atoms with Crippen LogP contribution in [0.25, 0.3) is 0 Å². The van der Waals surface area contributed by atoms with Crippen molar-refractivity contribution in [2.45, 2.75) is 19.3 Å². The zero-order chi connectivity index (χ0) is 13.2. The van der Waals surface area contributed by atoms with Crippen molar-refractivity contribution in [3.05, 3.63) is 53.5 Å². The second-order valence-electron chi connectivity index (χ2n) is 4.61. The first-order valence-corrected chi connectivity index (χ1v) is 6.24. The Kier molecular flexibility index (Phi) is 2.91. The molecule has 0 radical (unpaired) electrons. The Bertz CT molecular complexity index is 629. The van der Waals surface area contributed by atoms with E-state index in [2.05, 4.69) is 5.32 Å². The fraction of sp³-hybridized carbons (Fsp3) is 0.200. The molecule has 1 aromatic carbocycles. The number of nitrogens with one attached hydrogen (secondary N) is 1. The normalized spacial score (nSPS) is 14.4. The monoisotopic (exact) mass is 255 g/mol. The Morgan fingerprint density at radius 1 is 1.16 bits per heavy atom. The minimum absolute atomic E-state index is 0.0349. The molecule has 4 heteroatoms. The molecule has 0 fully saturated rings. The van der Waals surface area contributed by atoms with Crippen molar-refractivity contribution in [1.29, 1.82) is 0 Å². The number of carbonyl (C=O) groups excluding carboxylic acids is 2. The quantitative estimate of drug-likeness (QED) is 0.839. The number of fused-ring (bicyclic) bond motifs is 1. The maximum Gasteiger partial charge on any atom is 0.224 e. The van der Waals surface area contributed by atoms with Crippen LogP contribution < -0.4 is 5.32 Å². The van der Waals surface area contributed by atoms with Crippen LogP contribution in [-0.2, 0) is 11.2 Å². The van der Waals surface area contributed by atoms with Gasteiger partial charge >= 0.3 is 0 Å². The molecule has 2 heterocycles. The van der Waals surface area contributed by atoms with Crippen LogP contribution in [0.15, 0.2) is 41.2 Å². The third kappa shape index (κ3) is 2.29. The number of hydrogen-bond acceptors (Lipinski definition) is 3. The van der Waals surface area contributed by atoms with Crippen LogP contribution in [0, 0.1) is 0 Å². The van der Waals surface area contributed by atoms with E-state index >= 15 is 0 Å². The molecule has 0 unspecified atom stereocenters. The molecule has 1 aliphatic heterocycles. The van der Waals surface area contributed by atoms with Gasteiger partial charge in [0.25, 0.3) is 0 Å². The summed E-state index contributed by atoms with van der Waals surface area (Å²) in [6.45, 7) is 0. The van der Waals surface area contributed by atoms with Crippen LogP contribution in [0.4, 0.5) is 5.69 Å². The molecule has 1 N–H and O–H groups in total. The number of aryl methyl sites for hydroxylation is 1. The Balaban J connectivity index is 1.95. The second kappa shape index (κ2) is 4.72. The highest BCUT2D eigenvalue weighted by molar-refractivity contribution is 6.09. The summed E-state index contributed by atoms with van der Waals surface area (Å²) in [6.07, 6.45) is 5.06. The Morgan fingerprint density at radius 3 is 2.84 bits per heavy atom. The van der Waals surface area contributed by atoms with Crippen molar-refractivity contribution in [3.63, 3.8) is 0 Å². The van der Waals surface area contributed by atoms with Gasteiger partial charge in [0.2, 0.25) is 5.91 Å². The van der Waals surface area contributed by atoms with E-state index in [9.17, 15) is 9.59 Å². The second-order valence-corrected chi connectivity index (χ2v) is 4.61. The number of anilines is 1. The molecule has 19 heavy (non-hydrogen) atoms. The Morgan fingerprint density at radius 2 is 2.05 bits per heavy atom. The molecular weight excluding hydrogens is 242 g/mol. The largest absolute Gasteiger partial charge is 0.472 e. The lowest BCUT2D eigenvalue weighted by molar-refractivity contribution is -0.116. The minimum Gasteiger partial charge on any atom is -0.472 e. The van der Waals surface area contributed by atoms with Crippen molar-refractivity contribution >= 4 is 17.4 Å². The third-order valence-corrected chi connectivity index (χ3v) is 3.27. The van der Waals surface area contributed by atoms with Crippen molar-refractivity contribution in [2.75, 3.05) is 5.32 Å². The fourth-order valence-corrected chi connectivity index (χ4v) is 2.28. The summed E-state index contributed by atoms with van der Waals surface area (Å²) < 4.78 is 4.93. The molecule has 1 aliphatic rings. The van der Waals surface area contributed by atoms with E-state index in [0.717, 1.165) is 24.1 Å². The average Bonchev–Trinajstić information content (AvgIpc) is 2.87. The maximum absolute atomic E-state index is 12.2. The molecule has 0 spiro atoms. The van der Waals surface area contributed by atoms with Gasteiger partial charge in [0.05, 0.1) is 11.8 Å². The number of rotatable bonds is 2. The number of furan rings is 1. The van der Waals surface area contributed by atoms with Crippen molar-refractivity contribution in [1.82, 2.24) is 0 Å². The molecule has 96 valence electrons. The molecule has 2 aromatic rings. The lowest BCUT2D eigenvalue weighted by atomic mass is 10.00. The summed E-state index contributed by atoms with van der Waals surface area (Å²) in [5, 5.41) is 2.85.